The van der Waals surface area contributed by atoms with Gasteiger partial charge in [-0.15, -0.1) is 0 Å². The molecule has 2 atom stereocenters. The molecule has 1 aromatic rings. The van der Waals surface area contributed by atoms with E-state index >= 15 is 0 Å². The number of halogens is 3. The summed E-state index contributed by atoms with van der Waals surface area (Å²) in [6.07, 6.45) is -2.63. The van der Waals surface area contributed by atoms with Crippen molar-refractivity contribution >= 4 is 11.6 Å². The predicted octanol–water partition coefficient (Wildman–Crippen LogP) is 1.64. The molecule has 0 radical (unpaired) electrons. The molecular formula is C12H15F3N4O2. The first-order valence-corrected chi connectivity index (χ1v) is 6.30. The van der Waals surface area contributed by atoms with Crippen molar-refractivity contribution < 1.29 is 23.1 Å². The minimum absolute atomic E-state index is 0.0359. The molecule has 0 aromatic carbocycles. The van der Waals surface area contributed by atoms with Crippen molar-refractivity contribution in [1.29, 1.82) is 5.41 Å². The lowest BCUT2D eigenvalue weighted by molar-refractivity contribution is -0.137. The molecule has 1 aliphatic rings. The van der Waals surface area contributed by atoms with E-state index < -0.39 is 23.7 Å². The quantitative estimate of drug-likeness (QED) is 0.386. The predicted molar refractivity (Wildman–Crippen MR) is 68.6 cm³/mol. The molecule has 21 heavy (non-hydrogen) atoms. The Bertz CT molecular complexity index is 536. The molecule has 1 aliphatic carbocycles. The van der Waals surface area contributed by atoms with Crippen LogP contribution in [0.15, 0.2) is 12.3 Å². The van der Waals surface area contributed by atoms with Crippen LogP contribution in [0.5, 0.6) is 0 Å². The number of nitrogens with two attached hydrogens (primary N) is 1. The SMILES string of the molecule is N=C(ON)c1ncc(C(F)(F)F)cc1NC1CCCC1O. The van der Waals surface area contributed by atoms with Crippen LogP contribution in [0.2, 0.25) is 0 Å². The largest absolute Gasteiger partial charge is 0.417 e. The molecule has 0 bridgehead atoms. The Hall–Kier alpha value is -1.87. The fourth-order valence-corrected chi connectivity index (χ4v) is 2.28. The van der Waals surface area contributed by atoms with Crippen LogP contribution < -0.4 is 11.2 Å². The zero-order valence-electron chi connectivity index (χ0n) is 10.9. The molecule has 0 amide bonds. The van der Waals surface area contributed by atoms with Crippen LogP contribution in [0, 0.1) is 5.41 Å². The lowest BCUT2D eigenvalue weighted by atomic mass is 10.1. The zero-order chi connectivity index (χ0) is 15.6. The maximum atomic E-state index is 12.7. The third kappa shape index (κ3) is 3.42. The number of hydrogen-bond acceptors (Lipinski definition) is 6. The van der Waals surface area contributed by atoms with Gasteiger partial charge >= 0.3 is 6.18 Å². The molecule has 0 spiro atoms. The van der Waals surface area contributed by atoms with E-state index in [4.69, 9.17) is 11.3 Å². The number of pyridine rings is 1. The summed E-state index contributed by atoms with van der Waals surface area (Å²) >= 11 is 0. The molecule has 6 nitrogen and oxygen atoms in total. The highest BCUT2D eigenvalue weighted by molar-refractivity contribution is 5.95. The van der Waals surface area contributed by atoms with Crippen molar-refractivity contribution in [2.75, 3.05) is 5.32 Å². The van der Waals surface area contributed by atoms with E-state index in [9.17, 15) is 18.3 Å². The van der Waals surface area contributed by atoms with Gasteiger partial charge in [-0.05, 0) is 25.3 Å². The molecule has 9 heteroatoms. The summed E-state index contributed by atoms with van der Waals surface area (Å²) in [5, 5.41) is 20.0. The molecule has 1 fully saturated rings. The summed E-state index contributed by atoms with van der Waals surface area (Å²) in [5.41, 5.74) is -1.12. The highest BCUT2D eigenvalue weighted by Crippen LogP contribution is 2.32. The first kappa shape index (κ1) is 15.5. The summed E-state index contributed by atoms with van der Waals surface area (Å²) in [7, 11) is 0. The second-order valence-corrected chi connectivity index (χ2v) is 4.81. The van der Waals surface area contributed by atoms with Crippen LogP contribution in [0.25, 0.3) is 0 Å². The van der Waals surface area contributed by atoms with Gasteiger partial charge in [0, 0.05) is 6.20 Å². The maximum absolute atomic E-state index is 12.7. The number of rotatable bonds is 3. The Labute approximate surface area is 118 Å². The maximum Gasteiger partial charge on any atom is 0.417 e. The molecule has 2 unspecified atom stereocenters. The Balaban J connectivity index is 2.36. The fourth-order valence-electron chi connectivity index (χ4n) is 2.28. The van der Waals surface area contributed by atoms with Crippen molar-refractivity contribution in [1.82, 2.24) is 4.98 Å². The van der Waals surface area contributed by atoms with Gasteiger partial charge < -0.3 is 15.3 Å². The molecule has 0 saturated heterocycles. The zero-order valence-corrected chi connectivity index (χ0v) is 10.9. The van der Waals surface area contributed by atoms with Gasteiger partial charge in [-0.25, -0.2) is 4.98 Å². The molecule has 2 rings (SSSR count). The number of aromatic nitrogens is 1. The second kappa shape index (κ2) is 5.86. The van der Waals surface area contributed by atoms with Crippen LogP contribution in [0.4, 0.5) is 18.9 Å². The lowest BCUT2D eigenvalue weighted by Crippen LogP contribution is -2.29. The van der Waals surface area contributed by atoms with E-state index in [0.29, 0.717) is 19.0 Å². The number of hydrogen-bond donors (Lipinski definition) is 4. The lowest BCUT2D eigenvalue weighted by Gasteiger charge is -2.20. The Morgan fingerprint density at radius 3 is 2.71 bits per heavy atom. The van der Waals surface area contributed by atoms with Gasteiger partial charge in [-0.3, -0.25) is 5.41 Å². The van der Waals surface area contributed by atoms with Crippen LogP contribution in [-0.4, -0.2) is 28.1 Å². The van der Waals surface area contributed by atoms with Crippen molar-refractivity contribution in [3.63, 3.8) is 0 Å². The third-order valence-corrected chi connectivity index (χ3v) is 3.37. The van der Waals surface area contributed by atoms with E-state index in [-0.39, 0.29) is 17.4 Å². The summed E-state index contributed by atoms with van der Waals surface area (Å²) in [5.74, 6) is 4.31. The van der Waals surface area contributed by atoms with Crippen molar-refractivity contribution in [2.24, 2.45) is 5.90 Å². The monoisotopic (exact) mass is 304 g/mol. The van der Waals surface area contributed by atoms with E-state index in [1.54, 1.807) is 0 Å². The summed E-state index contributed by atoms with van der Waals surface area (Å²) in [4.78, 5) is 7.82. The van der Waals surface area contributed by atoms with Crippen molar-refractivity contribution in [3.8, 4) is 0 Å². The van der Waals surface area contributed by atoms with E-state index in [2.05, 4.69) is 15.1 Å². The average molecular weight is 304 g/mol. The molecule has 116 valence electrons. The fraction of sp³-hybridized carbons (Fsp3) is 0.500. The Kier molecular flexibility index (Phi) is 4.33. The third-order valence-electron chi connectivity index (χ3n) is 3.37. The topological polar surface area (TPSA) is 104 Å². The van der Waals surface area contributed by atoms with Crippen LogP contribution in [0.3, 0.4) is 0 Å². The van der Waals surface area contributed by atoms with Gasteiger partial charge in [0.15, 0.2) is 0 Å². The molecular weight excluding hydrogens is 289 g/mol. The molecule has 0 aliphatic heterocycles. The van der Waals surface area contributed by atoms with Gasteiger partial charge in [0.1, 0.15) is 5.69 Å². The van der Waals surface area contributed by atoms with Gasteiger partial charge in [-0.2, -0.15) is 19.1 Å². The van der Waals surface area contributed by atoms with Gasteiger partial charge in [0.05, 0.1) is 23.4 Å². The number of aliphatic hydroxyl groups excluding tert-OH is 1. The minimum atomic E-state index is -4.55. The van der Waals surface area contributed by atoms with Gasteiger partial charge in [-0.1, -0.05) is 0 Å². The van der Waals surface area contributed by atoms with E-state index in [1.165, 1.54) is 0 Å². The number of aliphatic hydroxyl groups is 1. The second-order valence-electron chi connectivity index (χ2n) is 4.81. The minimum Gasteiger partial charge on any atom is -0.391 e. The number of anilines is 1. The van der Waals surface area contributed by atoms with Crippen LogP contribution in [-0.2, 0) is 11.0 Å². The molecule has 1 heterocycles. The smallest absolute Gasteiger partial charge is 0.391 e. The molecule has 5 N–H and O–H groups in total. The van der Waals surface area contributed by atoms with Crippen molar-refractivity contribution in [2.45, 2.75) is 37.6 Å². The standard InChI is InChI=1S/C12H15F3N4O2/c13-12(14,15)6-4-8(10(18-5-6)11(16)21-17)19-7-2-1-3-9(7)20/h4-5,7,9,16,19-20H,1-3,17H2. The van der Waals surface area contributed by atoms with Gasteiger partial charge in [0.25, 0.3) is 5.90 Å². The first-order chi connectivity index (χ1) is 9.82. The Morgan fingerprint density at radius 1 is 1.48 bits per heavy atom. The van der Waals surface area contributed by atoms with Crippen LogP contribution in [0.1, 0.15) is 30.5 Å². The average Bonchev–Trinajstić information content (AvgIpc) is 2.82. The van der Waals surface area contributed by atoms with E-state index in [1.807, 2.05) is 0 Å². The molecule has 1 aromatic heterocycles. The van der Waals surface area contributed by atoms with Crippen LogP contribution >= 0.6 is 0 Å². The van der Waals surface area contributed by atoms with E-state index in [0.717, 1.165) is 12.5 Å². The summed E-state index contributed by atoms with van der Waals surface area (Å²) < 4.78 is 38.2. The highest BCUT2D eigenvalue weighted by Gasteiger charge is 2.33. The number of nitrogens with one attached hydrogen (secondary N) is 2. The Morgan fingerprint density at radius 2 is 2.19 bits per heavy atom. The normalized spacial score (nSPS) is 22.1. The summed E-state index contributed by atoms with van der Waals surface area (Å²) in [6.45, 7) is 0. The number of alkyl halides is 3. The molecule has 1 saturated carbocycles. The first-order valence-electron chi connectivity index (χ1n) is 6.30. The van der Waals surface area contributed by atoms with Crippen molar-refractivity contribution in [3.05, 3.63) is 23.5 Å². The highest BCUT2D eigenvalue weighted by atomic mass is 19.4. The van der Waals surface area contributed by atoms with Gasteiger partial charge in [0.2, 0.25) is 0 Å². The summed E-state index contributed by atoms with van der Waals surface area (Å²) in [6, 6.07) is 0.445. The number of nitrogens with zero attached hydrogens (tertiary/aromatic N) is 1.